The lowest BCUT2D eigenvalue weighted by Crippen LogP contribution is -2.51. The Kier molecular flexibility index (Phi) is 4.37. The fourth-order valence-corrected chi connectivity index (χ4v) is 2.89. The number of amides is 1. The molecule has 1 aliphatic rings. The maximum atomic E-state index is 12.1. The van der Waals surface area contributed by atoms with Crippen molar-refractivity contribution in [1.82, 2.24) is 4.90 Å². The molecule has 1 aliphatic heterocycles. The summed E-state index contributed by atoms with van der Waals surface area (Å²) in [5.74, 6) is 0.138. The van der Waals surface area contributed by atoms with Crippen LogP contribution in [0.3, 0.4) is 0 Å². The summed E-state index contributed by atoms with van der Waals surface area (Å²) in [5, 5.41) is 0. The third-order valence-electron chi connectivity index (χ3n) is 3.14. The molecule has 1 amide bonds. The minimum Gasteiger partial charge on any atom is -0.329 e. The van der Waals surface area contributed by atoms with E-state index < -0.39 is 0 Å². The summed E-state index contributed by atoms with van der Waals surface area (Å²) in [7, 11) is 0. The van der Waals surface area contributed by atoms with E-state index in [1.807, 2.05) is 30.0 Å². The highest BCUT2D eigenvalue weighted by atomic mass is 79.9. The molecule has 4 nitrogen and oxygen atoms in total. The molecule has 0 unspecified atom stereocenters. The lowest BCUT2D eigenvalue weighted by molar-refractivity contribution is -0.121. The van der Waals surface area contributed by atoms with Gasteiger partial charge in [-0.3, -0.25) is 9.69 Å². The van der Waals surface area contributed by atoms with Gasteiger partial charge in [-0.25, -0.2) is 0 Å². The van der Waals surface area contributed by atoms with Crippen LogP contribution in [0.5, 0.6) is 0 Å². The van der Waals surface area contributed by atoms with Crippen LogP contribution in [0.15, 0.2) is 22.7 Å². The van der Waals surface area contributed by atoms with E-state index in [0.29, 0.717) is 13.1 Å². The molecular weight excluding hydrogens is 294 g/mol. The van der Waals surface area contributed by atoms with Gasteiger partial charge in [0.1, 0.15) is 0 Å². The standard InChI is InChI=1S/C13H18BrN3O/c1-10-2-3-12(11(14)8-10)17-7-6-16(5-4-15)9-13(17)18/h2-3,8H,4-7,9,15H2,1H3. The number of carbonyl (C=O) groups excluding carboxylic acids is 1. The van der Waals surface area contributed by atoms with E-state index in [2.05, 4.69) is 20.8 Å². The topological polar surface area (TPSA) is 49.6 Å². The highest BCUT2D eigenvalue weighted by molar-refractivity contribution is 9.10. The molecule has 1 aromatic carbocycles. The Bertz CT molecular complexity index is 450. The number of hydrogen-bond donors (Lipinski definition) is 1. The quantitative estimate of drug-likeness (QED) is 0.917. The number of nitrogens with zero attached hydrogens (tertiary/aromatic N) is 2. The molecule has 0 saturated carbocycles. The van der Waals surface area contributed by atoms with E-state index >= 15 is 0 Å². The van der Waals surface area contributed by atoms with Gasteiger partial charge >= 0.3 is 0 Å². The summed E-state index contributed by atoms with van der Waals surface area (Å²) in [6.07, 6.45) is 0. The van der Waals surface area contributed by atoms with Crippen molar-refractivity contribution in [3.63, 3.8) is 0 Å². The van der Waals surface area contributed by atoms with Gasteiger partial charge in [-0.2, -0.15) is 0 Å². The molecule has 0 aliphatic carbocycles. The minimum absolute atomic E-state index is 0.138. The Labute approximate surface area is 116 Å². The van der Waals surface area contributed by atoms with Gasteiger partial charge < -0.3 is 10.6 Å². The Morgan fingerprint density at radius 3 is 2.78 bits per heavy atom. The fourth-order valence-electron chi connectivity index (χ4n) is 2.18. The largest absolute Gasteiger partial charge is 0.329 e. The number of nitrogens with two attached hydrogens (primary N) is 1. The molecule has 0 atom stereocenters. The zero-order chi connectivity index (χ0) is 13.1. The number of rotatable bonds is 3. The maximum Gasteiger partial charge on any atom is 0.241 e. The predicted molar refractivity (Wildman–Crippen MR) is 76.7 cm³/mol. The zero-order valence-electron chi connectivity index (χ0n) is 10.5. The van der Waals surface area contributed by atoms with Crippen LogP contribution < -0.4 is 10.6 Å². The highest BCUT2D eigenvalue weighted by Crippen LogP contribution is 2.28. The van der Waals surface area contributed by atoms with E-state index in [9.17, 15) is 4.79 Å². The molecular formula is C13H18BrN3O. The summed E-state index contributed by atoms with van der Waals surface area (Å²) >= 11 is 3.53. The van der Waals surface area contributed by atoms with Crippen LogP contribution in [0.2, 0.25) is 0 Å². The normalized spacial score (nSPS) is 17.3. The number of halogens is 1. The Balaban J connectivity index is 2.13. The van der Waals surface area contributed by atoms with Crippen LogP contribution in [0.4, 0.5) is 5.69 Å². The fraction of sp³-hybridized carbons (Fsp3) is 0.462. The number of carbonyl (C=O) groups is 1. The van der Waals surface area contributed by atoms with Crippen LogP contribution in [0.25, 0.3) is 0 Å². The predicted octanol–water partition coefficient (Wildman–Crippen LogP) is 1.36. The Hall–Kier alpha value is -0.910. The van der Waals surface area contributed by atoms with Crippen molar-refractivity contribution in [2.75, 3.05) is 37.6 Å². The molecule has 18 heavy (non-hydrogen) atoms. The average molecular weight is 312 g/mol. The van der Waals surface area contributed by atoms with Crippen molar-refractivity contribution in [3.05, 3.63) is 28.2 Å². The second-order valence-electron chi connectivity index (χ2n) is 4.57. The first-order valence-electron chi connectivity index (χ1n) is 6.11. The molecule has 2 N–H and O–H groups in total. The molecule has 0 spiro atoms. The Morgan fingerprint density at radius 1 is 1.39 bits per heavy atom. The van der Waals surface area contributed by atoms with Crippen LogP contribution >= 0.6 is 15.9 Å². The second kappa shape index (κ2) is 5.82. The van der Waals surface area contributed by atoms with E-state index in [0.717, 1.165) is 29.8 Å². The molecule has 1 saturated heterocycles. The molecule has 0 aromatic heterocycles. The van der Waals surface area contributed by atoms with Crippen molar-refractivity contribution in [2.24, 2.45) is 5.73 Å². The van der Waals surface area contributed by atoms with E-state index in [4.69, 9.17) is 5.73 Å². The van der Waals surface area contributed by atoms with Gasteiger partial charge in [0.05, 0.1) is 12.2 Å². The molecule has 1 fully saturated rings. The van der Waals surface area contributed by atoms with E-state index in [1.54, 1.807) is 0 Å². The number of piperazine rings is 1. The SMILES string of the molecule is Cc1ccc(N2CCN(CCN)CC2=O)c(Br)c1. The molecule has 0 bridgehead atoms. The lowest BCUT2D eigenvalue weighted by Gasteiger charge is -2.34. The number of aryl methyl sites for hydroxylation is 1. The van der Waals surface area contributed by atoms with Gasteiger partial charge in [-0.1, -0.05) is 6.07 Å². The molecule has 5 heteroatoms. The zero-order valence-corrected chi connectivity index (χ0v) is 12.1. The van der Waals surface area contributed by atoms with Gasteiger partial charge in [0.15, 0.2) is 0 Å². The van der Waals surface area contributed by atoms with Crippen molar-refractivity contribution in [1.29, 1.82) is 0 Å². The summed E-state index contributed by atoms with van der Waals surface area (Å²) in [4.78, 5) is 16.1. The highest BCUT2D eigenvalue weighted by Gasteiger charge is 2.25. The monoisotopic (exact) mass is 311 g/mol. The van der Waals surface area contributed by atoms with Gasteiger partial charge in [0.2, 0.25) is 5.91 Å². The summed E-state index contributed by atoms with van der Waals surface area (Å²) < 4.78 is 0.975. The summed E-state index contributed by atoms with van der Waals surface area (Å²) in [6, 6.07) is 6.06. The third kappa shape index (κ3) is 2.91. The third-order valence-corrected chi connectivity index (χ3v) is 3.77. The van der Waals surface area contributed by atoms with Crippen molar-refractivity contribution >= 4 is 27.5 Å². The van der Waals surface area contributed by atoms with Crippen molar-refractivity contribution < 1.29 is 4.79 Å². The lowest BCUT2D eigenvalue weighted by atomic mass is 10.2. The van der Waals surface area contributed by atoms with Gasteiger partial charge in [0, 0.05) is 30.7 Å². The first-order valence-corrected chi connectivity index (χ1v) is 6.90. The van der Waals surface area contributed by atoms with Crippen LogP contribution in [0.1, 0.15) is 5.56 Å². The van der Waals surface area contributed by atoms with Gasteiger partial charge in [0.25, 0.3) is 0 Å². The number of hydrogen-bond acceptors (Lipinski definition) is 3. The molecule has 2 rings (SSSR count). The van der Waals surface area contributed by atoms with Crippen LogP contribution in [-0.4, -0.2) is 43.5 Å². The van der Waals surface area contributed by atoms with Gasteiger partial charge in [-0.05, 0) is 40.5 Å². The number of anilines is 1. The van der Waals surface area contributed by atoms with Crippen LogP contribution in [0, 0.1) is 6.92 Å². The van der Waals surface area contributed by atoms with Crippen molar-refractivity contribution in [2.45, 2.75) is 6.92 Å². The maximum absolute atomic E-state index is 12.1. The molecule has 98 valence electrons. The molecule has 1 aromatic rings. The minimum atomic E-state index is 0.138. The van der Waals surface area contributed by atoms with E-state index in [-0.39, 0.29) is 5.91 Å². The molecule has 1 heterocycles. The first-order chi connectivity index (χ1) is 8.61. The summed E-state index contributed by atoms with van der Waals surface area (Å²) in [6.45, 7) is 5.48. The smallest absolute Gasteiger partial charge is 0.241 e. The first kappa shape index (κ1) is 13.5. The molecule has 0 radical (unpaired) electrons. The summed E-state index contributed by atoms with van der Waals surface area (Å²) in [5.41, 5.74) is 7.65. The van der Waals surface area contributed by atoms with Crippen molar-refractivity contribution in [3.8, 4) is 0 Å². The average Bonchev–Trinajstić information content (AvgIpc) is 2.31. The van der Waals surface area contributed by atoms with Crippen LogP contribution in [-0.2, 0) is 4.79 Å². The second-order valence-corrected chi connectivity index (χ2v) is 5.42. The Morgan fingerprint density at radius 2 is 2.17 bits per heavy atom. The van der Waals surface area contributed by atoms with Gasteiger partial charge in [-0.15, -0.1) is 0 Å². The number of benzene rings is 1. The van der Waals surface area contributed by atoms with E-state index in [1.165, 1.54) is 5.56 Å².